The molecule has 0 radical (unpaired) electrons. The number of nitrogens with zero attached hydrogens (tertiary/aromatic N) is 3. The maximum absolute atomic E-state index is 11.8. The Morgan fingerprint density at radius 1 is 1.39 bits per heavy atom. The second-order valence-corrected chi connectivity index (χ2v) is 6.38. The van der Waals surface area contributed by atoms with Crippen molar-refractivity contribution in [1.82, 2.24) is 20.1 Å². The summed E-state index contributed by atoms with van der Waals surface area (Å²) >= 11 is 1.55. The minimum atomic E-state index is -0.674. The predicted octanol–water partition coefficient (Wildman–Crippen LogP) is 2.12. The second kappa shape index (κ2) is 7.34. The molecule has 7 heteroatoms. The number of thiophene rings is 1. The van der Waals surface area contributed by atoms with E-state index in [9.17, 15) is 9.90 Å². The van der Waals surface area contributed by atoms with Crippen LogP contribution in [0, 0.1) is 0 Å². The van der Waals surface area contributed by atoms with Crippen LogP contribution in [0.4, 0.5) is 0 Å². The summed E-state index contributed by atoms with van der Waals surface area (Å²) in [6.07, 6.45) is 3.52. The van der Waals surface area contributed by atoms with Crippen LogP contribution in [-0.4, -0.2) is 32.3 Å². The second-order valence-electron chi connectivity index (χ2n) is 5.27. The fourth-order valence-electron chi connectivity index (χ4n) is 2.32. The Balaban J connectivity index is 1.44. The van der Waals surface area contributed by atoms with Crippen molar-refractivity contribution < 1.29 is 9.90 Å². The molecule has 0 aliphatic carbocycles. The summed E-state index contributed by atoms with van der Waals surface area (Å²) in [6.45, 7) is 0.890. The molecular weight excluding hydrogens is 312 g/mol. The molecule has 0 spiro atoms. The summed E-state index contributed by atoms with van der Waals surface area (Å²) in [6, 6.07) is 9.97. The molecule has 6 nitrogen and oxygen atoms in total. The van der Waals surface area contributed by atoms with Gasteiger partial charge in [0.25, 0.3) is 0 Å². The minimum absolute atomic E-state index is 0.0646. The highest BCUT2D eigenvalue weighted by molar-refractivity contribution is 7.19. The highest BCUT2D eigenvalue weighted by atomic mass is 32.1. The largest absolute Gasteiger partial charge is 0.386 e. The molecule has 1 atom stereocenters. The fraction of sp³-hybridized carbons (Fsp3) is 0.312. The molecule has 2 heterocycles. The van der Waals surface area contributed by atoms with Crippen LogP contribution in [0.1, 0.15) is 23.8 Å². The third kappa shape index (κ3) is 4.14. The van der Waals surface area contributed by atoms with Crippen molar-refractivity contribution in [1.29, 1.82) is 0 Å². The first-order chi connectivity index (χ1) is 11.2. The molecule has 2 N–H and O–H groups in total. The first kappa shape index (κ1) is 15.6. The first-order valence-corrected chi connectivity index (χ1v) is 8.29. The van der Waals surface area contributed by atoms with Crippen LogP contribution in [0.2, 0.25) is 0 Å². The summed E-state index contributed by atoms with van der Waals surface area (Å²) in [4.78, 5) is 16.5. The number of hydrogen-bond acceptors (Lipinski definition) is 5. The van der Waals surface area contributed by atoms with E-state index in [1.54, 1.807) is 22.3 Å². The van der Waals surface area contributed by atoms with Gasteiger partial charge in [-0.1, -0.05) is 18.2 Å². The van der Waals surface area contributed by atoms with Crippen LogP contribution in [0.25, 0.3) is 10.1 Å². The van der Waals surface area contributed by atoms with Crippen LogP contribution < -0.4 is 5.32 Å². The standard InChI is InChI=1S/C16H18N4O2S/c21-13(15-8-12-4-1-2-5-14(12)23-15)9-18-16(22)6-3-7-20-11-17-10-19-20/h1-2,4-5,8,10-11,13,21H,3,6-7,9H2,(H,18,22). The number of aryl methyl sites for hydroxylation is 1. The molecular formula is C16H18N4O2S. The molecule has 23 heavy (non-hydrogen) atoms. The maximum Gasteiger partial charge on any atom is 0.220 e. The van der Waals surface area contributed by atoms with Crippen molar-refractivity contribution in [2.24, 2.45) is 0 Å². The molecule has 0 saturated heterocycles. The lowest BCUT2D eigenvalue weighted by molar-refractivity contribution is -0.121. The number of amides is 1. The molecule has 0 saturated carbocycles. The average Bonchev–Trinajstić information content (AvgIpc) is 3.21. The quantitative estimate of drug-likeness (QED) is 0.695. The number of nitrogens with one attached hydrogen (secondary N) is 1. The summed E-state index contributed by atoms with van der Waals surface area (Å²) in [5, 5.41) is 18.1. The summed E-state index contributed by atoms with van der Waals surface area (Å²) in [5.41, 5.74) is 0. The van der Waals surface area contributed by atoms with E-state index < -0.39 is 6.10 Å². The Hall–Kier alpha value is -2.25. The van der Waals surface area contributed by atoms with Gasteiger partial charge in [0.1, 0.15) is 18.8 Å². The van der Waals surface area contributed by atoms with Gasteiger partial charge >= 0.3 is 0 Å². The van der Waals surface area contributed by atoms with Gasteiger partial charge in [-0.3, -0.25) is 9.48 Å². The predicted molar refractivity (Wildman–Crippen MR) is 89.1 cm³/mol. The minimum Gasteiger partial charge on any atom is -0.386 e. The molecule has 0 aliphatic rings. The summed E-state index contributed by atoms with van der Waals surface area (Å²) in [5.74, 6) is -0.0646. The van der Waals surface area contributed by atoms with Crippen molar-refractivity contribution in [3.8, 4) is 0 Å². The summed E-state index contributed by atoms with van der Waals surface area (Å²) in [7, 11) is 0. The lowest BCUT2D eigenvalue weighted by Gasteiger charge is -2.10. The smallest absolute Gasteiger partial charge is 0.220 e. The molecule has 0 fully saturated rings. The van der Waals surface area contributed by atoms with Gasteiger partial charge in [-0.05, 0) is 23.9 Å². The zero-order valence-corrected chi connectivity index (χ0v) is 13.4. The highest BCUT2D eigenvalue weighted by Crippen LogP contribution is 2.29. The lowest BCUT2D eigenvalue weighted by atomic mass is 10.2. The van der Waals surface area contributed by atoms with Gasteiger partial charge in [0.2, 0.25) is 5.91 Å². The van der Waals surface area contributed by atoms with Gasteiger partial charge < -0.3 is 10.4 Å². The zero-order valence-electron chi connectivity index (χ0n) is 12.6. The number of carbonyl (C=O) groups is 1. The molecule has 0 aliphatic heterocycles. The Morgan fingerprint density at radius 2 is 2.26 bits per heavy atom. The first-order valence-electron chi connectivity index (χ1n) is 7.48. The van der Waals surface area contributed by atoms with E-state index in [2.05, 4.69) is 15.4 Å². The number of aromatic nitrogens is 3. The van der Waals surface area contributed by atoms with Crippen LogP contribution in [0.5, 0.6) is 0 Å². The fourth-order valence-corrected chi connectivity index (χ4v) is 3.37. The van der Waals surface area contributed by atoms with E-state index in [1.807, 2.05) is 30.3 Å². The number of fused-ring (bicyclic) bond motifs is 1. The average molecular weight is 330 g/mol. The van der Waals surface area contributed by atoms with Crippen molar-refractivity contribution >= 4 is 27.3 Å². The third-order valence-corrected chi connectivity index (χ3v) is 4.74. The van der Waals surface area contributed by atoms with Crippen LogP contribution >= 0.6 is 11.3 Å². The number of benzene rings is 1. The molecule has 1 unspecified atom stereocenters. The molecule has 3 rings (SSSR count). The van der Waals surface area contributed by atoms with Gasteiger partial charge in [-0.25, -0.2) is 4.98 Å². The topological polar surface area (TPSA) is 80.0 Å². The molecule has 1 aromatic carbocycles. The highest BCUT2D eigenvalue weighted by Gasteiger charge is 2.12. The van der Waals surface area contributed by atoms with Crippen LogP contribution in [0.15, 0.2) is 43.0 Å². The van der Waals surface area contributed by atoms with Crippen molar-refractivity contribution in [2.45, 2.75) is 25.5 Å². The summed E-state index contributed by atoms with van der Waals surface area (Å²) < 4.78 is 2.83. The SMILES string of the molecule is O=C(CCCn1cncn1)NCC(O)c1cc2ccccc2s1. The van der Waals surface area contributed by atoms with Crippen LogP contribution in [-0.2, 0) is 11.3 Å². The van der Waals surface area contributed by atoms with E-state index in [0.29, 0.717) is 19.4 Å². The Labute approximate surface area is 137 Å². The van der Waals surface area contributed by atoms with Gasteiger partial charge in [0, 0.05) is 29.1 Å². The van der Waals surface area contributed by atoms with E-state index in [0.717, 1.165) is 15.0 Å². The van der Waals surface area contributed by atoms with Gasteiger partial charge in [0.05, 0.1) is 0 Å². The number of aliphatic hydroxyl groups is 1. The number of carbonyl (C=O) groups excluding carboxylic acids is 1. The number of aliphatic hydroxyl groups excluding tert-OH is 1. The molecule has 3 aromatic rings. The van der Waals surface area contributed by atoms with E-state index in [-0.39, 0.29) is 12.5 Å². The van der Waals surface area contributed by atoms with Crippen molar-refractivity contribution in [2.75, 3.05) is 6.54 Å². The van der Waals surface area contributed by atoms with Gasteiger partial charge in [0.15, 0.2) is 0 Å². The third-order valence-electron chi connectivity index (χ3n) is 3.52. The molecule has 0 bridgehead atoms. The number of hydrogen-bond donors (Lipinski definition) is 2. The van der Waals surface area contributed by atoms with E-state index in [1.165, 1.54) is 6.33 Å². The number of rotatable bonds is 7. The van der Waals surface area contributed by atoms with Crippen LogP contribution in [0.3, 0.4) is 0 Å². The van der Waals surface area contributed by atoms with E-state index in [4.69, 9.17) is 0 Å². The molecule has 120 valence electrons. The Kier molecular flexibility index (Phi) is 4.99. The normalized spacial score (nSPS) is 12.4. The lowest BCUT2D eigenvalue weighted by Crippen LogP contribution is -2.28. The maximum atomic E-state index is 11.8. The van der Waals surface area contributed by atoms with E-state index >= 15 is 0 Å². The van der Waals surface area contributed by atoms with Gasteiger partial charge in [-0.15, -0.1) is 11.3 Å². The van der Waals surface area contributed by atoms with Crippen molar-refractivity contribution in [3.05, 3.63) is 47.9 Å². The van der Waals surface area contributed by atoms with Gasteiger partial charge in [-0.2, -0.15) is 5.10 Å². The molecule has 2 aromatic heterocycles. The Bertz CT molecular complexity index is 736. The van der Waals surface area contributed by atoms with Crippen molar-refractivity contribution in [3.63, 3.8) is 0 Å². The monoisotopic (exact) mass is 330 g/mol. The zero-order chi connectivity index (χ0) is 16.1. The Morgan fingerprint density at radius 3 is 3.04 bits per heavy atom. The molecule has 1 amide bonds.